The summed E-state index contributed by atoms with van der Waals surface area (Å²) in [6.07, 6.45) is 4.75. The summed E-state index contributed by atoms with van der Waals surface area (Å²) in [5.41, 5.74) is 1.11. The van der Waals surface area contributed by atoms with Gasteiger partial charge >= 0.3 is 0 Å². The summed E-state index contributed by atoms with van der Waals surface area (Å²) in [5.74, 6) is 2.53. The Morgan fingerprint density at radius 3 is 2.60 bits per heavy atom. The SMILES string of the molecule is CCc1nc(C2CCC2)nc(NC)c1Br. The lowest BCUT2D eigenvalue weighted by molar-refractivity contribution is 0.400. The summed E-state index contributed by atoms with van der Waals surface area (Å²) < 4.78 is 1.01. The van der Waals surface area contributed by atoms with Gasteiger partial charge in [-0.15, -0.1) is 0 Å². The number of nitrogens with one attached hydrogen (secondary N) is 1. The fraction of sp³-hybridized carbons (Fsp3) is 0.636. The zero-order valence-corrected chi connectivity index (χ0v) is 10.8. The Labute approximate surface area is 98.8 Å². The van der Waals surface area contributed by atoms with Crippen LogP contribution < -0.4 is 5.32 Å². The monoisotopic (exact) mass is 269 g/mol. The van der Waals surface area contributed by atoms with E-state index in [0.29, 0.717) is 5.92 Å². The number of hydrogen-bond acceptors (Lipinski definition) is 3. The highest BCUT2D eigenvalue weighted by Crippen LogP contribution is 2.36. The lowest BCUT2D eigenvalue weighted by Gasteiger charge is -2.24. The van der Waals surface area contributed by atoms with Crippen molar-refractivity contribution in [2.45, 2.75) is 38.5 Å². The van der Waals surface area contributed by atoms with Gasteiger partial charge in [-0.1, -0.05) is 13.3 Å². The molecule has 0 spiro atoms. The Morgan fingerprint density at radius 1 is 1.40 bits per heavy atom. The van der Waals surface area contributed by atoms with Gasteiger partial charge in [0.05, 0.1) is 10.2 Å². The highest BCUT2D eigenvalue weighted by atomic mass is 79.9. The van der Waals surface area contributed by atoms with E-state index in [9.17, 15) is 0 Å². The fourth-order valence-corrected chi connectivity index (χ4v) is 2.42. The number of nitrogens with zero attached hydrogens (tertiary/aromatic N) is 2. The molecular weight excluding hydrogens is 254 g/mol. The third kappa shape index (κ3) is 2.00. The largest absolute Gasteiger partial charge is 0.372 e. The second kappa shape index (κ2) is 4.47. The number of rotatable bonds is 3. The van der Waals surface area contributed by atoms with E-state index in [1.165, 1.54) is 19.3 Å². The van der Waals surface area contributed by atoms with Crippen molar-refractivity contribution in [1.29, 1.82) is 0 Å². The minimum absolute atomic E-state index is 0.593. The van der Waals surface area contributed by atoms with Gasteiger partial charge in [0.15, 0.2) is 0 Å². The molecule has 0 amide bonds. The van der Waals surface area contributed by atoms with E-state index in [0.717, 1.165) is 28.2 Å². The average Bonchev–Trinajstić information content (AvgIpc) is 2.17. The van der Waals surface area contributed by atoms with Crippen LogP contribution in [0.5, 0.6) is 0 Å². The van der Waals surface area contributed by atoms with Crippen molar-refractivity contribution in [3.8, 4) is 0 Å². The Morgan fingerprint density at radius 2 is 2.13 bits per heavy atom. The van der Waals surface area contributed by atoms with Crippen LogP contribution in [0.25, 0.3) is 0 Å². The van der Waals surface area contributed by atoms with Gasteiger partial charge in [-0.2, -0.15) is 0 Å². The molecule has 3 nitrogen and oxygen atoms in total. The van der Waals surface area contributed by atoms with Gasteiger partial charge < -0.3 is 5.32 Å². The molecule has 1 aromatic heterocycles. The van der Waals surface area contributed by atoms with E-state index in [1.807, 2.05) is 7.05 Å². The van der Waals surface area contributed by atoms with Gasteiger partial charge in [-0.05, 0) is 35.2 Å². The number of anilines is 1. The lowest BCUT2D eigenvalue weighted by atomic mass is 9.85. The van der Waals surface area contributed by atoms with Crippen LogP contribution in [0, 0.1) is 0 Å². The van der Waals surface area contributed by atoms with Crippen LogP contribution in [-0.4, -0.2) is 17.0 Å². The van der Waals surface area contributed by atoms with Crippen LogP contribution in [0.4, 0.5) is 5.82 Å². The van der Waals surface area contributed by atoms with Crippen molar-refractivity contribution in [3.63, 3.8) is 0 Å². The van der Waals surface area contributed by atoms with Crippen LogP contribution in [0.2, 0.25) is 0 Å². The standard InChI is InChI=1S/C11H16BrN3/c1-3-8-9(12)11(13-2)15-10(14-8)7-5-4-6-7/h7H,3-6H2,1-2H3,(H,13,14,15). The molecule has 1 fully saturated rings. The average molecular weight is 270 g/mol. The first-order valence-electron chi connectivity index (χ1n) is 5.50. The predicted octanol–water partition coefficient (Wildman–Crippen LogP) is 3.11. The number of aromatic nitrogens is 2. The summed E-state index contributed by atoms with van der Waals surface area (Å²) in [5, 5.41) is 3.12. The third-order valence-corrected chi connectivity index (χ3v) is 3.81. The normalized spacial score (nSPS) is 16.2. The molecule has 1 aliphatic rings. The minimum atomic E-state index is 0.593. The smallest absolute Gasteiger partial charge is 0.144 e. The molecule has 0 radical (unpaired) electrons. The van der Waals surface area contributed by atoms with E-state index in [2.05, 4.69) is 38.1 Å². The summed E-state index contributed by atoms with van der Waals surface area (Å²) in [7, 11) is 1.90. The first-order chi connectivity index (χ1) is 7.26. The molecule has 0 unspecified atom stereocenters. The van der Waals surface area contributed by atoms with E-state index in [1.54, 1.807) is 0 Å². The number of hydrogen-bond donors (Lipinski definition) is 1. The maximum absolute atomic E-state index is 4.62. The molecule has 2 rings (SSSR count). The van der Waals surface area contributed by atoms with Gasteiger partial charge in [-0.25, -0.2) is 9.97 Å². The Balaban J connectivity index is 2.38. The molecule has 15 heavy (non-hydrogen) atoms. The zero-order chi connectivity index (χ0) is 10.8. The number of aryl methyl sites for hydroxylation is 1. The van der Waals surface area contributed by atoms with Gasteiger partial charge in [0.2, 0.25) is 0 Å². The zero-order valence-electron chi connectivity index (χ0n) is 9.18. The Bertz CT molecular complexity index is 336. The fourth-order valence-electron chi connectivity index (χ4n) is 1.76. The van der Waals surface area contributed by atoms with Crippen LogP contribution in [0.15, 0.2) is 4.47 Å². The second-order valence-corrected chi connectivity index (χ2v) is 4.72. The quantitative estimate of drug-likeness (QED) is 0.917. The molecule has 0 aliphatic heterocycles. The van der Waals surface area contributed by atoms with Crippen molar-refractivity contribution in [3.05, 3.63) is 16.0 Å². The molecule has 1 aromatic rings. The second-order valence-electron chi connectivity index (χ2n) is 3.92. The van der Waals surface area contributed by atoms with Crippen molar-refractivity contribution in [2.75, 3.05) is 12.4 Å². The maximum Gasteiger partial charge on any atom is 0.144 e. The molecule has 1 N–H and O–H groups in total. The molecule has 1 heterocycles. The van der Waals surface area contributed by atoms with Gasteiger partial charge in [0.1, 0.15) is 11.6 Å². The highest BCUT2D eigenvalue weighted by molar-refractivity contribution is 9.10. The molecule has 0 atom stereocenters. The van der Waals surface area contributed by atoms with Gasteiger partial charge in [0.25, 0.3) is 0 Å². The molecule has 4 heteroatoms. The van der Waals surface area contributed by atoms with Gasteiger partial charge in [-0.3, -0.25) is 0 Å². The van der Waals surface area contributed by atoms with Crippen molar-refractivity contribution in [2.24, 2.45) is 0 Å². The molecule has 0 bridgehead atoms. The Hall–Kier alpha value is -0.640. The van der Waals surface area contributed by atoms with Crippen LogP contribution in [0.1, 0.15) is 43.6 Å². The summed E-state index contributed by atoms with van der Waals surface area (Å²) >= 11 is 3.54. The van der Waals surface area contributed by atoms with E-state index < -0.39 is 0 Å². The molecule has 0 aromatic carbocycles. The molecule has 0 saturated heterocycles. The molecule has 1 aliphatic carbocycles. The van der Waals surface area contributed by atoms with E-state index >= 15 is 0 Å². The first kappa shape index (κ1) is 10.9. The molecular formula is C11H16BrN3. The summed E-state index contributed by atoms with van der Waals surface area (Å²) in [6.45, 7) is 2.12. The third-order valence-electron chi connectivity index (χ3n) is 2.98. The lowest BCUT2D eigenvalue weighted by Crippen LogP contribution is -2.15. The summed E-state index contributed by atoms with van der Waals surface area (Å²) in [6, 6.07) is 0. The highest BCUT2D eigenvalue weighted by Gasteiger charge is 2.24. The predicted molar refractivity (Wildman–Crippen MR) is 65.2 cm³/mol. The van der Waals surface area contributed by atoms with Crippen LogP contribution in [0.3, 0.4) is 0 Å². The minimum Gasteiger partial charge on any atom is -0.372 e. The Kier molecular flexibility index (Phi) is 3.24. The van der Waals surface area contributed by atoms with Gasteiger partial charge in [0, 0.05) is 13.0 Å². The first-order valence-corrected chi connectivity index (χ1v) is 6.29. The van der Waals surface area contributed by atoms with Crippen LogP contribution >= 0.6 is 15.9 Å². The maximum atomic E-state index is 4.62. The van der Waals surface area contributed by atoms with Crippen molar-refractivity contribution in [1.82, 2.24) is 9.97 Å². The van der Waals surface area contributed by atoms with E-state index in [4.69, 9.17) is 0 Å². The number of halogens is 1. The summed E-state index contributed by atoms with van der Waals surface area (Å²) in [4.78, 5) is 9.18. The van der Waals surface area contributed by atoms with Crippen molar-refractivity contribution < 1.29 is 0 Å². The molecule has 82 valence electrons. The van der Waals surface area contributed by atoms with Crippen LogP contribution in [-0.2, 0) is 6.42 Å². The topological polar surface area (TPSA) is 37.8 Å². The van der Waals surface area contributed by atoms with E-state index in [-0.39, 0.29) is 0 Å². The van der Waals surface area contributed by atoms with Crippen molar-refractivity contribution >= 4 is 21.7 Å². The molecule has 1 saturated carbocycles.